The van der Waals surface area contributed by atoms with Crippen molar-refractivity contribution in [2.24, 2.45) is 0 Å². The Morgan fingerprint density at radius 1 is 0.939 bits per heavy atom. The molecular weight excluding hydrogens is 417 g/mol. The molecule has 1 saturated carbocycles. The molecule has 0 bridgehead atoms. The zero-order chi connectivity index (χ0) is 23.0. The summed E-state index contributed by atoms with van der Waals surface area (Å²) in [5, 5.41) is 3.36. The number of piperazine rings is 1. The van der Waals surface area contributed by atoms with Crippen LogP contribution >= 0.6 is 0 Å². The van der Waals surface area contributed by atoms with E-state index >= 15 is 0 Å². The van der Waals surface area contributed by atoms with Crippen LogP contribution in [0.4, 0.5) is 21.7 Å². The van der Waals surface area contributed by atoms with Crippen LogP contribution in [0.1, 0.15) is 29.8 Å². The number of rotatable bonds is 5. The van der Waals surface area contributed by atoms with Crippen molar-refractivity contribution in [3.63, 3.8) is 0 Å². The van der Waals surface area contributed by atoms with Crippen molar-refractivity contribution in [2.75, 3.05) is 36.4 Å². The SMILES string of the molecule is Cc1ccc(Nc2cc(N3CCN(C(=O)C4(c5ccc(F)cc5)CC4)CC3)nc(C)n2)cc1. The number of amides is 1. The Labute approximate surface area is 193 Å². The van der Waals surface area contributed by atoms with Gasteiger partial charge in [-0.2, -0.15) is 0 Å². The number of nitrogens with one attached hydrogen (secondary N) is 1. The van der Waals surface area contributed by atoms with E-state index in [9.17, 15) is 9.18 Å². The van der Waals surface area contributed by atoms with Crippen LogP contribution in [-0.2, 0) is 10.2 Å². The number of aryl methyl sites for hydroxylation is 2. The fourth-order valence-electron chi connectivity index (χ4n) is 4.52. The van der Waals surface area contributed by atoms with Crippen LogP contribution in [0.5, 0.6) is 0 Å². The average Bonchev–Trinajstić information content (AvgIpc) is 3.62. The van der Waals surface area contributed by atoms with Crippen LogP contribution < -0.4 is 10.2 Å². The lowest BCUT2D eigenvalue weighted by atomic mass is 9.94. The van der Waals surface area contributed by atoms with Crippen LogP contribution in [-0.4, -0.2) is 47.0 Å². The van der Waals surface area contributed by atoms with Crippen molar-refractivity contribution in [1.29, 1.82) is 0 Å². The maximum Gasteiger partial charge on any atom is 0.233 e. The average molecular weight is 446 g/mol. The second-order valence-corrected chi connectivity index (χ2v) is 9.02. The molecule has 5 rings (SSSR count). The van der Waals surface area contributed by atoms with Crippen LogP contribution in [0.15, 0.2) is 54.6 Å². The van der Waals surface area contributed by atoms with E-state index in [1.807, 2.05) is 30.0 Å². The Bertz CT molecular complexity index is 1150. The van der Waals surface area contributed by atoms with E-state index in [2.05, 4.69) is 39.2 Å². The summed E-state index contributed by atoms with van der Waals surface area (Å²) in [6, 6.07) is 16.5. The number of aromatic nitrogens is 2. The fourth-order valence-corrected chi connectivity index (χ4v) is 4.52. The third-order valence-corrected chi connectivity index (χ3v) is 6.60. The van der Waals surface area contributed by atoms with Gasteiger partial charge in [0.1, 0.15) is 23.3 Å². The highest BCUT2D eigenvalue weighted by molar-refractivity contribution is 5.91. The largest absolute Gasteiger partial charge is 0.353 e. The van der Waals surface area contributed by atoms with E-state index in [-0.39, 0.29) is 11.7 Å². The molecular formula is C26H28FN5O. The summed E-state index contributed by atoms with van der Waals surface area (Å²) in [7, 11) is 0. The van der Waals surface area contributed by atoms with Crippen molar-refractivity contribution in [3.05, 3.63) is 77.4 Å². The topological polar surface area (TPSA) is 61.4 Å². The molecule has 170 valence electrons. The lowest BCUT2D eigenvalue weighted by molar-refractivity contribution is -0.134. The summed E-state index contributed by atoms with van der Waals surface area (Å²) in [4.78, 5) is 26.6. The van der Waals surface area contributed by atoms with Gasteiger partial charge in [-0.1, -0.05) is 29.8 Å². The van der Waals surface area contributed by atoms with Crippen LogP contribution in [0.25, 0.3) is 0 Å². The molecule has 33 heavy (non-hydrogen) atoms. The summed E-state index contributed by atoms with van der Waals surface area (Å²) < 4.78 is 13.3. The summed E-state index contributed by atoms with van der Waals surface area (Å²) in [6.07, 6.45) is 1.66. The van der Waals surface area contributed by atoms with E-state index in [1.54, 1.807) is 12.1 Å². The zero-order valence-corrected chi connectivity index (χ0v) is 19.0. The number of carbonyl (C=O) groups excluding carboxylic acids is 1. The number of carbonyl (C=O) groups is 1. The Morgan fingerprint density at radius 2 is 1.61 bits per heavy atom. The summed E-state index contributed by atoms with van der Waals surface area (Å²) >= 11 is 0. The third kappa shape index (κ3) is 4.40. The standard InChI is InChI=1S/C26H28FN5O/c1-18-3-9-22(10-4-18)30-23-17-24(29-19(2)28-23)31-13-15-32(16-14-31)25(33)26(11-12-26)20-5-7-21(27)8-6-20/h3-10,17H,11-16H2,1-2H3,(H,28,29,30). The maximum absolute atomic E-state index is 13.3. The summed E-state index contributed by atoms with van der Waals surface area (Å²) in [5.41, 5.74) is 2.65. The quantitative estimate of drug-likeness (QED) is 0.633. The van der Waals surface area contributed by atoms with Gasteiger partial charge in [0.05, 0.1) is 5.41 Å². The first-order chi connectivity index (χ1) is 15.9. The van der Waals surface area contributed by atoms with Gasteiger partial charge < -0.3 is 15.1 Å². The van der Waals surface area contributed by atoms with Gasteiger partial charge in [0.2, 0.25) is 5.91 Å². The highest BCUT2D eigenvalue weighted by Gasteiger charge is 2.53. The first kappa shape index (κ1) is 21.4. The Kier molecular flexibility index (Phi) is 5.48. The molecule has 1 amide bonds. The molecule has 1 aliphatic carbocycles. The van der Waals surface area contributed by atoms with Gasteiger partial charge in [-0.15, -0.1) is 0 Å². The van der Waals surface area contributed by atoms with Crippen molar-refractivity contribution in [2.45, 2.75) is 32.1 Å². The molecule has 1 aliphatic heterocycles. The minimum absolute atomic E-state index is 0.161. The van der Waals surface area contributed by atoms with Gasteiger partial charge in [-0.25, -0.2) is 14.4 Å². The van der Waals surface area contributed by atoms with E-state index < -0.39 is 5.41 Å². The van der Waals surface area contributed by atoms with Gasteiger partial charge in [0.15, 0.2) is 0 Å². The van der Waals surface area contributed by atoms with E-state index in [1.165, 1.54) is 17.7 Å². The van der Waals surface area contributed by atoms with Gasteiger partial charge in [0.25, 0.3) is 0 Å². The molecule has 2 aliphatic rings. The third-order valence-electron chi connectivity index (χ3n) is 6.60. The molecule has 6 nitrogen and oxygen atoms in total. The van der Waals surface area contributed by atoms with Crippen LogP contribution in [0, 0.1) is 19.7 Å². The molecule has 1 aromatic heterocycles. The smallest absolute Gasteiger partial charge is 0.233 e. The number of anilines is 3. The molecule has 2 aromatic carbocycles. The molecule has 1 saturated heterocycles. The highest BCUT2D eigenvalue weighted by Crippen LogP contribution is 2.49. The zero-order valence-electron chi connectivity index (χ0n) is 19.0. The number of nitrogens with zero attached hydrogens (tertiary/aromatic N) is 4. The predicted octanol–water partition coefficient (Wildman–Crippen LogP) is 4.36. The number of benzene rings is 2. The van der Waals surface area contributed by atoms with Crippen molar-refractivity contribution in [3.8, 4) is 0 Å². The predicted molar refractivity (Wildman–Crippen MR) is 127 cm³/mol. The molecule has 2 heterocycles. The number of hydrogen-bond donors (Lipinski definition) is 1. The first-order valence-electron chi connectivity index (χ1n) is 11.4. The van der Waals surface area contributed by atoms with Crippen LogP contribution in [0.3, 0.4) is 0 Å². The number of halogens is 1. The van der Waals surface area contributed by atoms with E-state index in [0.29, 0.717) is 32.0 Å². The normalized spacial score (nSPS) is 17.1. The molecule has 1 N–H and O–H groups in total. The Balaban J connectivity index is 1.25. The van der Waals surface area contributed by atoms with E-state index in [0.717, 1.165) is 35.7 Å². The molecule has 0 unspecified atom stereocenters. The van der Waals surface area contributed by atoms with Gasteiger partial charge in [-0.3, -0.25) is 4.79 Å². The molecule has 2 fully saturated rings. The highest BCUT2D eigenvalue weighted by atomic mass is 19.1. The van der Waals surface area contributed by atoms with E-state index in [4.69, 9.17) is 0 Å². The molecule has 3 aromatic rings. The van der Waals surface area contributed by atoms with Gasteiger partial charge in [0, 0.05) is 37.9 Å². The molecule has 0 atom stereocenters. The summed E-state index contributed by atoms with van der Waals surface area (Å²) in [5.74, 6) is 2.21. The molecule has 7 heteroatoms. The Morgan fingerprint density at radius 3 is 2.24 bits per heavy atom. The lowest BCUT2D eigenvalue weighted by Gasteiger charge is -2.37. The second-order valence-electron chi connectivity index (χ2n) is 9.02. The van der Waals surface area contributed by atoms with Gasteiger partial charge >= 0.3 is 0 Å². The molecule has 0 radical (unpaired) electrons. The van der Waals surface area contributed by atoms with Gasteiger partial charge in [-0.05, 0) is 56.5 Å². The van der Waals surface area contributed by atoms with Crippen LogP contribution in [0.2, 0.25) is 0 Å². The minimum atomic E-state index is -0.466. The minimum Gasteiger partial charge on any atom is -0.353 e. The molecule has 0 spiro atoms. The lowest BCUT2D eigenvalue weighted by Crippen LogP contribution is -2.51. The summed E-state index contributed by atoms with van der Waals surface area (Å²) in [6.45, 7) is 6.67. The van der Waals surface area contributed by atoms with Crippen molar-refractivity contribution < 1.29 is 9.18 Å². The second kappa shape index (κ2) is 8.46. The fraction of sp³-hybridized carbons (Fsp3) is 0.346. The maximum atomic E-state index is 13.3. The van der Waals surface area contributed by atoms with Crippen molar-refractivity contribution >= 4 is 23.2 Å². The Hall–Kier alpha value is -3.48. The number of hydrogen-bond acceptors (Lipinski definition) is 5. The monoisotopic (exact) mass is 445 g/mol. The van der Waals surface area contributed by atoms with Crippen molar-refractivity contribution in [1.82, 2.24) is 14.9 Å². The first-order valence-corrected chi connectivity index (χ1v) is 11.4.